The van der Waals surface area contributed by atoms with Crippen LogP contribution in [0.5, 0.6) is 0 Å². The summed E-state index contributed by atoms with van der Waals surface area (Å²) in [5.74, 6) is 3.11. The molecule has 0 heterocycles. The van der Waals surface area contributed by atoms with Crippen molar-refractivity contribution in [1.29, 1.82) is 0 Å². The van der Waals surface area contributed by atoms with Gasteiger partial charge in [-0.1, -0.05) is 107 Å². The Morgan fingerprint density at radius 1 is 0.421 bits per heavy atom. The SMILES string of the molecule is CC(C)c1cc(C(C)C)c(NCCNCCNc2c(C(C)C)cc(C(C)C)cc2C(C)C)c(C(C)C)c1.[Mn]. The Bertz CT molecular complexity index is 852. The van der Waals surface area contributed by atoms with Gasteiger partial charge in [0.2, 0.25) is 0 Å². The van der Waals surface area contributed by atoms with Crippen LogP contribution in [0.15, 0.2) is 24.3 Å². The number of hydrogen-bond acceptors (Lipinski definition) is 3. The van der Waals surface area contributed by atoms with Gasteiger partial charge in [0.25, 0.3) is 0 Å². The number of benzene rings is 2. The zero-order valence-corrected chi connectivity index (χ0v) is 27.7. The molecule has 3 N–H and O–H groups in total. The summed E-state index contributed by atoms with van der Waals surface area (Å²) in [5.41, 5.74) is 11.4. The standard InChI is InChI=1S/C34H57N3.Mn/c1-21(2)27-17-29(23(5)6)33(30(18-27)24(7)8)36-15-13-35-14-16-37-34-31(25(9)10)19-28(22(3)4)20-32(34)26(11)12;/h17-26,35-37H,13-16H2,1-12H3;. The van der Waals surface area contributed by atoms with Gasteiger partial charge in [0.1, 0.15) is 0 Å². The second-order valence-corrected chi connectivity index (χ2v) is 12.7. The van der Waals surface area contributed by atoms with Crippen molar-refractivity contribution in [1.82, 2.24) is 5.32 Å². The van der Waals surface area contributed by atoms with Crippen molar-refractivity contribution in [3.63, 3.8) is 0 Å². The van der Waals surface area contributed by atoms with Crippen molar-refractivity contribution in [3.05, 3.63) is 57.6 Å². The largest absolute Gasteiger partial charge is 0.383 e. The first-order valence-electron chi connectivity index (χ1n) is 14.9. The van der Waals surface area contributed by atoms with Gasteiger partial charge in [-0.3, -0.25) is 0 Å². The maximum atomic E-state index is 3.80. The maximum Gasteiger partial charge on any atom is 0.0411 e. The van der Waals surface area contributed by atoms with Crippen molar-refractivity contribution in [2.45, 2.75) is 119 Å². The Morgan fingerprint density at radius 3 is 0.895 bits per heavy atom. The Labute approximate surface area is 246 Å². The van der Waals surface area contributed by atoms with Gasteiger partial charge in [-0.05, 0) is 68.9 Å². The average Bonchev–Trinajstić information content (AvgIpc) is 2.81. The summed E-state index contributed by atoms with van der Waals surface area (Å²) < 4.78 is 0. The minimum atomic E-state index is 0. The van der Waals surface area contributed by atoms with Crippen LogP contribution in [-0.2, 0) is 17.1 Å². The Kier molecular flexibility index (Phi) is 14.5. The van der Waals surface area contributed by atoms with Crippen molar-refractivity contribution in [2.75, 3.05) is 36.8 Å². The van der Waals surface area contributed by atoms with Gasteiger partial charge < -0.3 is 16.0 Å². The third-order valence-corrected chi connectivity index (χ3v) is 7.47. The van der Waals surface area contributed by atoms with Gasteiger partial charge in [-0.15, -0.1) is 0 Å². The summed E-state index contributed by atoms with van der Waals surface area (Å²) >= 11 is 0. The zero-order valence-electron chi connectivity index (χ0n) is 26.5. The molecule has 0 saturated heterocycles. The van der Waals surface area contributed by atoms with Crippen LogP contribution < -0.4 is 16.0 Å². The molecule has 0 aliphatic carbocycles. The minimum absolute atomic E-state index is 0. The van der Waals surface area contributed by atoms with Gasteiger partial charge in [-0.2, -0.15) is 0 Å². The van der Waals surface area contributed by atoms with E-state index in [9.17, 15) is 0 Å². The number of hydrogen-bond donors (Lipinski definition) is 3. The molecule has 1 radical (unpaired) electrons. The number of anilines is 2. The van der Waals surface area contributed by atoms with Gasteiger partial charge in [0, 0.05) is 54.6 Å². The Balaban J connectivity index is 0.00000722. The van der Waals surface area contributed by atoms with Crippen molar-refractivity contribution < 1.29 is 17.1 Å². The molecule has 2 aromatic carbocycles. The fourth-order valence-electron chi connectivity index (χ4n) is 5.00. The monoisotopic (exact) mass is 562 g/mol. The van der Waals surface area contributed by atoms with E-state index in [-0.39, 0.29) is 17.1 Å². The van der Waals surface area contributed by atoms with E-state index in [2.05, 4.69) is 123 Å². The smallest absolute Gasteiger partial charge is 0.0411 e. The van der Waals surface area contributed by atoms with Crippen LogP contribution in [0.3, 0.4) is 0 Å². The van der Waals surface area contributed by atoms with E-state index in [0.29, 0.717) is 35.5 Å². The molecular weight excluding hydrogens is 505 g/mol. The third kappa shape index (κ3) is 9.32. The van der Waals surface area contributed by atoms with Gasteiger partial charge in [-0.25, -0.2) is 0 Å². The van der Waals surface area contributed by atoms with Crippen LogP contribution in [0.1, 0.15) is 152 Å². The van der Waals surface area contributed by atoms with Crippen LogP contribution in [0.25, 0.3) is 0 Å². The van der Waals surface area contributed by atoms with E-state index in [0.717, 1.165) is 26.2 Å². The molecule has 0 unspecified atom stereocenters. The summed E-state index contributed by atoms with van der Waals surface area (Å²) in [6.07, 6.45) is 0. The Morgan fingerprint density at radius 2 is 0.684 bits per heavy atom. The first kappa shape index (κ1) is 34.5. The molecule has 0 aliphatic heterocycles. The van der Waals surface area contributed by atoms with E-state index in [1.807, 2.05) is 0 Å². The third-order valence-electron chi connectivity index (χ3n) is 7.47. The van der Waals surface area contributed by atoms with E-state index in [1.54, 1.807) is 0 Å². The first-order chi connectivity index (χ1) is 17.3. The van der Waals surface area contributed by atoms with Crippen molar-refractivity contribution in [3.8, 4) is 0 Å². The van der Waals surface area contributed by atoms with E-state index in [1.165, 1.54) is 44.8 Å². The molecule has 0 fully saturated rings. The number of rotatable bonds is 14. The molecule has 0 amide bonds. The predicted octanol–water partition coefficient (Wildman–Crippen LogP) is 9.54. The molecule has 0 aliphatic rings. The van der Waals surface area contributed by atoms with E-state index >= 15 is 0 Å². The van der Waals surface area contributed by atoms with Crippen molar-refractivity contribution in [2.24, 2.45) is 0 Å². The fourth-order valence-corrected chi connectivity index (χ4v) is 5.00. The minimum Gasteiger partial charge on any atom is -0.383 e. The number of nitrogens with one attached hydrogen (secondary N) is 3. The molecule has 3 nitrogen and oxygen atoms in total. The van der Waals surface area contributed by atoms with E-state index < -0.39 is 0 Å². The predicted molar refractivity (Wildman–Crippen MR) is 167 cm³/mol. The summed E-state index contributed by atoms with van der Waals surface area (Å²) in [7, 11) is 0. The van der Waals surface area contributed by atoms with Gasteiger partial charge >= 0.3 is 0 Å². The molecule has 0 bridgehead atoms. The molecule has 0 aromatic heterocycles. The van der Waals surface area contributed by atoms with Gasteiger partial charge in [0.05, 0.1) is 0 Å². The van der Waals surface area contributed by atoms with Crippen LogP contribution >= 0.6 is 0 Å². The summed E-state index contributed by atoms with van der Waals surface area (Å²) in [4.78, 5) is 0. The molecule has 38 heavy (non-hydrogen) atoms. The van der Waals surface area contributed by atoms with E-state index in [4.69, 9.17) is 0 Å². The molecule has 0 spiro atoms. The topological polar surface area (TPSA) is 36.1 Å². The summed E-state index contributed by atoms with van der Waals surface area (Å²) in [5, 5.41) is 11.3. The fraction of sp³-hybridized carbons (Fsp3) is 0.647. The van der Waals surface area contributed by atoms with Crippen LogP contribution in [0.4, 0.5) is 11.4 Å². The zero-order chi connectivity index (χ0) is 27.9. The second-order valence-electron chi connectivity index (χ2n) is 12.7. The Hall–Kier alpha value is -1.48. The molecule has 2 aromatic rings. The molecule has 215 valence electrons. The summed E-state index contributed by atoms with van der Waals surface area (Å²) in [6.45, 7) is 31.4. The molecule has 0 saturated carbocycles. The van der Waals surface area contributed by atoms with Crippen LogP contribution in [-0.4, -0.2) is 26.2 Å². The van der Waals surface area contributed by atoms with Gasteiger partial charge in [0.15, 0.2) is 0 Å². The summed E-state index contributed by atoms with van der Waals surface area (Å²) in [6, 6.07) is 9.68. The maximum absolute atomic E-state index is 3.80. The van der Waals surface area contributed by atoms with Crippen LogP contribution in [0.2, 0.25) is 0 Å². The van der Waals surface area contributed by atoms with Crippen LogP contribution in [0, 0.1) is 0 Å². The normalized spacial score (nSPS) is 11.8. The first-order valence-corrected chi connectivity index (χ1v) is 14.9. The second kappa shape index (κ2) is 15.9. The van der Waals surface area contributed by atoms with Crippen molar-refractivity contribution >= 4 is 11.4 Å². The average molecular weight is 563 g/mol. The molecule has 0 atom stereocenters. The molecule has 4 heteroatoms. The quantitative estimate of drug-likeness (QED) is 0.158. The molecule has 2 rings (SSSR count). The molecular formula is C34H57MnN3.